The minimum Gasteiger partial charge on any atom is -0.384 e. The highest BCUT2D eigenvalue weighted by molar-refractivity contribution is 7.89. The van der Waals surface area contributed by atoms with Crippen LogP contribution in [0.5, 0.6) is 0 Å². The molecule has 0 radical (unpaired) electrons. The number of sulfonamides is 1. The molecule has 0 spiro atoms. The molecule has 17 heavy (non-hydrogen) atoms. The van der Waals surface area contributed by atoms with Gasteiger partial charge in [-0.15, -0.1) is 0 Å². The van der Waals surface area contributed by atoms with Gasteiger partial charge < -0.3 is 10.1 Å². The first kappa shape index (κ1) is 13.3. The van der Waals surface area contributed by atoms with Crippen LogP contribution in [0.2, 0.25) is 0 Å². The lowest BCUT2D eigenvalue weighted by Gasteiger charge is -2.27. The lowest BCUT2D eigenvalue weighted by Crippen LogP contribution is -2.43. The van der Waals surface area contributed by atoms with Crippen molar-refractivity contribution in [3.8, 4) is 0 Å². The summed E-state index contributed by atoms with van der Waals surface area (Å²) in [6, 6.07) is 0. The summed E-state index contributed by atoms with van der Waals surface area (Å²) in [7, 11) is -1.40. The van der Waals surface area contributed by atoms with Crippen LogP contribution in [0.3, 0.4) is 0 Å². The third-order valence-corrected chi connectivity index (χ3v) is 6.08. The summed E-state index contributed by atoms with van der Waals surface area (Å²) >= 11 is 0. The van der Waals surface area contributed by atoms with E-state index in [4.69, 9.17) is 4.74 Å². The number of hydrogen-bond acceptors (Lipinski definition) is 4. The lowest BCUT2D eigenvalue weighted by molar-refractivity contribution is 0.157. The fourth-order valence-electron chi connectivity index (χ4n) is 2.70. The van der Waals surface area contributed by atoms with Gasteiger partial charge in [-0.1, -0.05) is 0 Å². The Kier molecular flexibility index (Phi) is 4.41. The van der Waals surface area contributed by atoms with E-state index in [1.165, 1.54) is 0 Å². The fourth-order valence-corrected chi connectivity index (χ4v) is 4.74. The van der Waals surface area contributed by atoms with Crippen molar-refractivity contribution in [3.05, 3.63) is 0 Å². The summed E-state index contributed by atoms with van der Waals surface area (Å²) in [4.78, 5) is 0. The van der Waals surface area contributed by atoms with Gasteiger partial charge in [0.2, 0.25) is 10.0 Å². The van der Waals surface area contributed by atoms with Crippen LogP contribution in [0.4, 0.5) is 0 Å². The zero-order valence-electron chi connectivity index (χ0n) is 10.4. The molecule has 6 heteroatoms. The Bertz CT molecular complexity index is 339. The van der Waals surface area contributed by atoms with Crippen LogP contribution in [0.1, 0.15) is 19.3 Å². The number of nitrogens with one attached hydrogen (secondary N) is 1. The predicted molar refractivity (Wildman–Crippen MR) is 66.4 cm³/mol. The largest absolute Gasteiger partial charge is 0.384 e. The monoisotopic (exact) mass is 262 g/mol. The van der Waals surface area contributed by atoms with E-state index < -0.39 is 10.0 Å². The molecule has 100 valence electrons. The van der Waals surface area contributed by atoms with E-state index in [9.17, 15) is 8.42 Å². The first-order chi connectivity index (χ1) is 8.14. The number of hydrogen-bond donors (Lipinski definition) is 1. The number of nitrogens with zero attached hydrogens (tertiary/aromatic N) is 1. The third-order valence-electron chi connectivity index (χ3n) is 3.72. The second-order valence-electron chi connectivity index (χ2n) is 4.96. The molecular weight excluding hydrogens is 240 g/mol. The smallest absolute Gasteiger partial charge is 0.217 e. The molecule has 2 saturated heterocycles. The van der Waals surface area contributed by atoms with E-state index in [2.05, 4.69) is 5.32 Å². The molecule has 0 saturated carbocycles. The molecule has 0 aromatic carbocycles. The first-order valence-electron chi connectivity index (χ1n) is 6.33. The van der Waals surface area contributed by atoms with Gasteiger partial charge in [0.15, 0.2) is 0 Å². The molecule has 0 amide bonds. The molecule has 2 aliphatic rings. The van der Waals surface area contributed by atoms with E-state index in [1.807, 2.05) is 0 Å². The SMILES string of the molecule is COCC1CCN(S(=O)(=O)C2CCNCC2)C1. The normalized spacial score (nSPS) is 28.6. The van der Waals surface area contributed by atoms with Crippen LogP contribution in [0.25, 0.3) is 0 Å². The molecule has 1 atom stereocenters. The molecule has 1 unspecified atom stereocenters. The molecule has 0 aromatic heterocycles. The maximum atomic E-state index is 12.4. The van der Waals surface area contributed by atoms with Gasteiger partial charge in [-0.2, -0.15) is 0 Å². The van der Waals surface area contributed by atoms with Gasteiger partial charge in [-0.3, -0.25) is 0 Å². The second-order valence-corrected chi connectivity index (χ2v) is 7.18. The first-order valence-corrected chi connectivity index (χ1v) is 7.83. The number of rotatable bonds is 4. The Balaban J connectivity index is 1.96. The molecular formula is C11H22N2O3S. The van der Waals surface area contributed by atoms with Gasteiger partial charge in [0, 0.05) is 20.2 Å². The van der Waals surface area contributed by atoms with E-state index in [1.54, 1.807) is 11.4 Å². The van der Waals surface area contributed by atoms with Gasteiger partial charge in [0.05, 0.1) is 11.9 Å². The van der Waals surface area contributed by atoms with Crippen molar-refractivity contribution >= 4 is 10.0 Å². The second kappa shape index (κ2) is 5.65. The van der Waals surface area contributed by atoms with E-state index >= 15 is 0 Å². The summed E-state index contributed by atoms with van der Waals surface area (Å²) in [6.07, 6.45) is 2.42. The Labute approximate surface area is 104 Å². The van der Waals surface area contributed by atoms with E-state index in [-0.39, 0.29) is 5.25 Å². The van der Waals surface area contributed by atoms with Crippen LogP contribution in [0, 0.1) is 5.92 Å². The average Bonchev–Trinajstić information content (AvgIpc) is 2.80. The highest BCUT2D eigenvalue weighted by atomic mass is 32.2. The van der Waals surface area contributed by atoms with Gasteiger partial charge in [0.1, 0.15) is 0 Å². The van der Waals surface area contributed by atoms with Crippen molar-refractivity contribution in [1.82, 2.24) is 9.62 Å². The van der Waals surface area contributed by atoms with E-state index in [0.29, 0.717) is 25.6 Å². The molecule has 1 N–H and O–H groups in total. The van der Waals surface area contributed by atoms with Crippen LogP contribution in [-0.4, -0.2) is 57.9 Å². The highest BCUT2D eigenvalue weighted by Crippen LogP contribution is 2.25. The number of ether oxygens (including phenoxy) is 1. The minimum absolute atomic E-state index is 0.176. The lowest BCUT2D eigenvalue weighted by atomic mass is 10.1. The Morgan fingerprint density at radius 2 is 2.00 bits per heavy atom. The van der Waals surface area contributed by atoms with Crippen LogP contribution in [-0.2, 0) is 14.8 Å². The summed E-state index contributed by atoms with van der Waals surface area (Å²) in [5, 5.41) is 3.03. The van der Waals surface area contributed by atoms with E-state index in [0.717, 1.165) is 32.4 Å². The maximum absolute atomic E-state index is 12.4. The summed E-state index contributed by atoms with van der Waals surface area (Å²) in [5.74, 6) is 0.372. The average molecular weight is 262 g/mol. The molecule has 0 aliphatic carbocycles. The van der Waals surface area contributed by atoms with Crippen molar-refractivity contribution in [3.63, 3.8) is 0 Å². The number of piperidine rings is 1. The van der Waals surface area contributed by atoms with Crippen molar-refractivity contribution in [1.29, 1.82) is 0 Å². The van der Waals surface area contributed by atoms with Crippen molar-refractivity contribution in [2.24, 2.45) is 5.92 Å². The summed E-state index contributed by atoms with van der Waals surface area (Å²) in [5.41, 5.74) is 0. The fraction of sp³-hybridized carbons (Fsp3) is 1.00. The van der Waals surface area contributed by atoms with Crippen molar-refractivity contribution in [2.45, 2.75) is 24.5 Å². The predicted octanol–water partition coefficient (Wildman–Crippen LogP) is 0.0365. The van der Waals surface area contributed by atoms with Gasteiger partial charge in [-0.05, 0) is 38.3 Å². The van der Waals surface area contributed by atoms with Gasteiger partial charge in [0.25, 0.3) is 0 Å². The molecule has 2 aliphatic heterocycles. The third kappa shape index (κ3) is 2.99. The van der Waals surface area contributed by atoms with Crippen molar-refractivity contribution in [2.75, 3.05) is 39.9 Å². The Morgan fingerprint density at radius 1 is 1.29 bits per heavy atom. The zero-order chi connectivity index (χ0) is 12.3. The molecule has 0 bridgehead atoms. The minimum atomic E-state index is -3.08. The van der Waals surface area contributed by atoms with Crippen LogP contribution in [0.15, 0.2) is 0 Å². The van der Waals surface area contributed by atoms with Crippen molar-refractivity contribution < 1.29 is 13.2 Å². The van der Waals surface area contributed by atoms with Crippen LogP contribution < -0.4 is 5.32 Å². The quantitative estimate of drug-likeness (QED) is 0.777. The summed E-state index contributed by atoms with van der Waals surface area (Å²) < 4.78 is 31.6. The zero-order valence-corrected chi connectivity index (χ0v) is 11.2. The molecule has 2 rings (SSSR count). The summed E-state index contributed by atoms with van der Waals surface area (Å²) in [6.45, 7) is 3.61. The van der Waals surface area contributed by atoms with Crippen LogP contribution >= 0.6 is 0 Å². The number of methoxy groups -OCH3 is 1. The highest BCUT2D eigenvalue weighted by Gasteiger charge is 2.37. The maximum Gasteiger partial charge on any atom is 0.217 e. The Morgan fingerprint density at radius 3 is 2.65 bits per heavy atom. The molecule has 2 heterocycles. The Hall–Kier alpha value is -0.170. The van der Waals surface area contributed by atoms with Gasteiger partial charge >= 0.3 is 0 Å². The molecule has 5 nitrogen and oxygen atoms in total. The van der Waals surface area contributed by atoms with Gasteiger partial charge in [-0.25, -0.2) is 12.7 Å². The topological polar surface area (TPSA) is 58.6 Å². The molecule has 0 aromatic rings. The molecule has 2 fully saturated rings. The standard InChI is InChI=1S/C11H22N2O3S/c1-16-9-10-4-7-13(8-10)17(14,15)11-2-5-12-6-3-11/h10-12H,2-9H2,1H3.